The molecule has 1 aromatic heterocycles. The maximum atomic E-state index is 12.3. The van der Waals surface area contributed by atoms with Crippen LogP contribution in [0.5, 0.6) is 5.75 Å². The molecule has 2 aromatic rings. The highest BCUT2D eigenvalue weighted by atomic mass is 16.5. The molecular formula is C17H24N2O2. The minimum atomic E-state index is 0.0460. The largest absolute Gasteiger partial charge is 0.494 e. The highest BCUT2D eigenvalue weighted by molar-refractivity contribution is 5.98. The van der Waals surface area contributed by atoms with Crippen LogP contribution >= 0.6 is 0 Å². The van der Waals surface area contributed by atoms with Crippen LogP contribution in [0.25, 0.3) is 10.9 Å². The molecule has 0 aliphatic carbocycles. The molecular weight excluding hydrogens is 264 g/mol. The molecule has 4 nitrogen and oxygen atoms in total. The number of unbranched alkanes of at least 4 members (excludes halogenated alkanes) is 1. The van der Waals surface area contributed by atoms with Crippen LogP contribution in [0.3, 0.4) is 0 Å². The van der Waals surface area contributed by atoms with Crippen LogP contribution < -0.4 is 4.74 Å². The minimum Gasteiger partial charge on any atom is -0.494 e. The van der Waals surface area contributed by atoms with Gasteiger partial charge in [0.2, 0.25) is 0 Å². The predicted molar refractivity (Wildman–Crippen MR) is 86.0 cm³/mol. The smallest absolute Gasteiger partial charge is 0.270 e. The second kappa shape index (κ2) is 7.16. The van der Waals surface area contributed by atoms with Gasteiger partial charge in [-0.1, -0.05) is 13.3 Å². The summed E-state index contributed by atoms with van der Waals surface area (Å²) in [4.78, 5) is 17.3. The first-order valence-corrected chi connectivity index (χ1v) is 7.74. The van der Waals surface area contributed by atoms with Crippen molar-refractivity contribution in [2.24, 2.45) is 0 Å². The molecule has 1 aromatic carbocycles. The van der Waals surface area contributed by atoms with Crippen LogP contribution in [-0.2, 0) is 0 Å². The van der Waals surface area contributed by atoms with E-state index in [-0.39, 0.29) is 5.91 Å². The number of nitrogens with zero attached hydrogens (tertiary/aromatic N) is 1. The maximum Gasteiger partial charge on any atom is 0.270 e. The molecule has 0 saturated carbocycles. The van der Waals surface area contributed by atoms with Crippen molar-refractivity contribution >= 4 is 16.8 Å². The summed E-state index contributed by atoms with van der Waals surface area (Å²) in [5, 5.41) is 1.04. The number of carbonyl (C=O) groups excluding carboxylic acids is 1. The minimum absolute atomic E-state index is 0.0460. The molecule has 0 aliphatic heterocycles. The van der Waals surface area contributed by atoms with Gasteiger partial charge in [0.15, 0.2) is 0 Å². The Bertz CT molecular complexity index is 600. The lowest BCUT2D eigenvalue weighted by molar-refractivity contribution is 0.0768. The Morgan fingerprint density at radius 3 is 2.62 bits per heavy atom. The van der Waals surface area contributed by atoms with Crippen LogP contribution in [0, 0.1) is 0 Å². The SMILES string of the molecule is CCCCOc1ccc2cc(C(=O)N(CC)CC)[nH]c2c1. The second-order valence-electron chi connectivity index (χ2n) is 5.11. The van der Waals surface area contributed by atoms with Crippen molar-refractivity contribution < 1.29 is 9.53 Å². The number of benzene rings is 1. The van der Waals surface area contributed by atoms with E-state index < -0.39 is 0 Å². The number of hydrogen-bond donors (Lipinski definition) is 1. The van der Waals surface area contributed by atoms with Crippen molar-refractivity contribution in [1.82, 2.24) is 9.88 Å². The van der Waals surface area contributed by atoms with Crippen molar-refractivity contribution in [2.75, 3.05) is 19.7 Å². The molecule has 21 heavy (non-hydrogen) atoms. The number of amides is 1. The fraction of sp³-hybridized carbons (Fsp3) is 0.471. The van der Waals surface area contributed by atoms with E-state index in [1.165, 1.54) is 0 Å². The fourth-order valence-corrected chi connectivity index (χ4v) is 2.33. The van der Waals surface area contributed by atoms with E-state index >= 15 is 0 Å². The van der Waals surface area contributed by atoms with E-state index in [1.54, 1.807) is 0 Å². The molecule has 2 rings (SSSR count). The first-order valence-electron chi connectivity index (χ1n) is 7.74. The zero-order chi connectivity index (χ0) is 15.2. The molecule has 0 unspecified atom stereocenters. The van der Waals surface area contributed by atoms with Crippen molar-refractivity contribution in [2.45, 2.75) is 33.6 Å². The van der Waals surface area contributed by atoms with Crippen LogP contribution in [0.4, 0.5) is 0 Å². The number of aromatic amines is 1. The van der Waals surface area contributed by atoms with Gasteiger partial charge in [-0.2, -0.15) is 0 Å². The van der Waals surface area contributed by atoms with Crippen molar-refractivity contribution in [3.05, 3.63) is 30.0 Å². The number of fused-ring (bicyclic) bond motifs is 1. The lowest BCUT2D eigenvalue weighted by Crippen LogP contribution is -2.30. The summed E-state index contributed by atoms with van der Waals surface area (Å²) in [5.41, 5.74) is 1.58. The number of H-pyrrole nitrogens is 1. The normalized spacial score (nSPS) is 10.8. The molecule has 1 N–H and O–H groups in total. The summed E-state index contributed by atoms with van der Waals surface area (Å²) in [7, 11) is 0. The predicted octanol–water partition coefficient (Wildman–Crippen LogP) is 3.83. The summed E-state index contributed by atoms with van der Waals surface area (Å²) in [6, 6.07) is 7.82. The quantitative estimate of drug-likeness (QED) is 0.787. The van der Waals surface area contributed by atoms with Gasteiger partial charge in [-0.3, -0.25) is 4.79 Å². The Hall–Kier alpha value is -1.97. The Labute approximate surface area is 126 Å². The first-order chi connectivity index (χ1) is 10.2. The van der Waals surface area contributed by atoms with Gasteiger partial charge in [-0.05, 0) is 38.5 Å². The first kappa shape index (κ1) is 15.4. The summed E-state index contributed by atoms with van der Waals surface area (Å²) < 4.78 is 5.70. The lowest BCUT2D eigenvalue weighted by atomic mass is 10.2. The van der Waals surface area contributed by atoms with Gasteiger partial charge in [-0.25, -0.2) is 0 Å². The van der Waals surface area contributed by atoms with Crippen molar-refractivity contribution in [3.63, 3.8) is 0 Å². The van der Waals surface area contributed by atoms with Crippen molar-refractivity contribution in [3.8, 4) is 5.75 Å². The third-order valence-corrected chi connectivity index (χ3v) is 3.64. The van der Waals surface area contributed by atoms with Crippen LogP contribution in [0.1, 0.15) is 44.1 Å². The highest BCUT2D eigenvalue weighted by Crippen LogP contribution is 2.22. The molecule has 0 atom stereocenters. The lowest BCUT2D eigenvalue weighted by Gasteiger charge is -2.17. The average molecular weight is 288 g/mol. The molecule has 0 fully saturated rings. The molecule has 0 bridgehead atoms. The maximum absolute atomic E-state index is 12.3. The third kappa shape index (κ3) is 3.57. The average Bonchev–Trinajstić information content (AvgIpc) is 2.92. The van der Waals surface area contributed by atoms with Gasteiger partial charge in [0.05, 0.1) is 6.61 Å². The molecule has 1 amide bonds. The van der Waals surface area contributed by atoms with Crippen LogP contribution in [-0.4, -0.2) is 35.5 Å². The molecule has 4 heteroatoms. The van der Waals surface area contributed by atoms with Gasteiger partial charge >= 0.3 is 0 Å². The zero-order valence-electron chi connectivity index (χ0n) is 13.1. The summed E-state index contributed by atoms with van der Waals surface area (Å²) >= 11 is 0. The summed E-state index contributed by atoms with van der Waals surface area (Å²) in [5.74, 6) is 0.893. The Kier molecular flexibility index (Phi) is 5.26. The molecule has 0 spiro atoms. The van der Waals surface area contributed by atoms with E-state index in [0.717, 1.165) is 49.2 Å². The van der Waals surface area contributed by atoms with Gasteiger partial charge in [0, 0.05) is 30.1 Å². The van der Waals surface area contributed by atoms with Gasteiger partial charge in [0.25, 0.3) is 5.91 Å². The third-order valence-electron chi connectivity index (χ3n) is 3.64. The Morgan fingerprint density at radius 1 is 1.19 bits per heavy atom. The van der Waals surface area contributed by atoms with Crippen LogP contribution in [0.2, 0.25) is 0 Å². The number of aromatic nitrogens is 1. The number of ether oxygens (including phenoxy) is 1. The highest BCUT2D eigenvalue weighted by Gasteiger charge is 2.15. The van der Waals surface area contributed by atoms with Gasteiger partial charge in [-0.15, -0.1) is 0 Å². The fourth-order valence-electron chi connectivity index (χ4n) is 2.33. The van der Waals surface area contributed by atoms with E-state index in [4.69, 9.17) is 4.74 Å². The molecule has 1 heterocycles. The Balaban J connectivity index is 2.19. The Morgan fingerprint density at radius 2 is 1.95 bits per heavy atom. The van der Waals surface area contributed by atoms with Gasteiger partial charge in [0.1, 0.15) is 11.4 Å². The molecule has 114 valence electrons. The van der Waals surface area contributed by atoms with E-state index in [1.807, 2.05) is 43.0 Å². The molecule has 0 radical (unpaired) electrons. The van der Waals surface area contributed by atoms with Gasteiger partial charge < -0.3 is 14.6 Å². The van der Waals surface area contributed by atoms with E-state index in [2.05, 4.69) is 11.9 Å². The number of hydrogen-bond acceptors (Lipinski definition) is 2. The number of carbonyl (C=O) groups is 1. The van der Waals surface area contributed by atoms with Crippen molar-refractivity contribution in [1.29, 1.82) is 0 Å². The van der Waals surface area contributed by atoms with Crippen LogP contribution in [0.15, 0.2) is 24.3 Å². The standard InChI is InChI=1S/C17H24N2O2/c1-4-7-10-21-14-9-8-13-11-16(18-15(13)12-14)17(20)19(5-2)6-3/h8-9,11-12,18H,4-7,10H2,1-3H3. The molecule has 0 aliphatic rings. The molecule has 0 saturated heterocycles. The zero-order valence-corrected chi connectivity index (χ0v) is 13.1. The van der Waals surface area contributed by atoms with E-state index in [0.29, 0.717) is 5.69 Å². The van der Waals surface area contributed by atoms with E-state index in [9.17, 15) is 4.79 Å². The summed E-state index contributed by atoms with van der Waals surface area (Å²) in [6.07, 6.45) is 2.17. The monoisotopic (exact) mass is 288 g/mol. The second-order valence-corrected chi connectivity index (χ2v) is 5.11. The topological polar surface area (TPSA) is 45.3 Å². The summed E-state index contributed by atoms with van der Waals surface area (Å²) in [6.45, 7) is 8.29. The number of rotatable bonds is 7. The number of nitrogens with one attached hydrogen (secondary N) is 1.